The maximum Gasteiger partial charge on any atom is 0.238 e. The quantitative estimate of drug-likeness (QED) is 0.676. The number of nitrogens with one attached hydrogen (secondary N) is 1. The fourth-order valence-electron chi connectivity index (χ4n) is 2.11. The van der Waals surface area contributed by atoms with Crippen molar-refractivity contribution < 1.29 is 4.79 Å². The van der Waals surface area contributed by atoms with Crippen LogP contribution in [0.2, 0.25) is 5.02 Å². The molecule has 0 aliphatic carbocycles. The van der Waals surface area contributed by atoms with E-state index in [1.54, 1.807) is 10.7 Å². The van der Waals surface area contributed by atoms with Crippen molar-refractivity contribution in [1.29, 1.82) is 0 Å². The zero-order valence-electron chi connectivity index (χ0n) is 13.0. The van der Waals surface area contributed by atoms with E-state index in [1.807, 2.05) is 67.7 Å². The number of amides is 1. The zero-order valence-corrected chi connectivity index (χ0v) is 14.6. The van der Waals surface area contributed by atoms with Crippen LogP contribution in [0.25, 0.3) is 5.69 Å². The first-order valence-corrected chi connectivity index (χ1v) is 8.72. The molecule has 0 radical (unpaired) electrons. The highest BCUT2D eigenvalue weighted by atomic mass is 35.5. The van der Waals surface area contributed by atoms with Gasteiger partial charge in [0, 0.05) is 22.2 Å². The molecule has 24 heavy (non-hydrogen) atoms. The molecule has 0 aliphatic rings. The van der Waals surface area contributed by atoms with Crippen LogP contribution in [0.4, 0.5) is 5.82 Å². The van der Waals surface area contributed by atoms with Crippen LogP contribution in [0.15, 0.2) is 71.8 Å². The number of thioether (sulfide) groups is 1. The SMILES string of the molecule is CC(Sc1ccc(Cl)cc1)C(=O)Nc1ccn(-c2ccccc2)n1. The lowest BCUT2D eigenvalue weighted by Crippen LogP contribution is -2.22. The summed E-state index contributed by atoms with van der Waals surface area (Å²) in [6, 6.07) is 19.0. The minimum absolute atomic E-state index is 0.0896. The van der Waals surface area contributed by atoms with Gasteiger partial charge in [-0.25, -0.2) is 4.68 Å². The summed E-state index contributed by atoms with van der Waals surface area (Å²) in [5.41, 5.74) is 0.946. The first-order valence-electron chi connectivity index (χ1n) is 7.46. The van der Waals surface area contributed by atoms with Gasteiger partial charge in [0.2, 0.25) is 5.91 Å². The molecule has 3 rings (SSSR count). The standard InChI is InChI=1S/C18H16ClN3OS/c1-13(24-16-9-7-14(19)8-10-16)18(23)20-17-11-12-22(21-17)15-5-3-2-4-6-15/h2-13H,1H3,(H,20,21,23). The van der Waals surface area contributed by atoms with Gasteiger partial charge in [-0.2, -0.15) is 5.10 Å². The molecule has 6 heteroatoms. The molecule has 0 bridgehead atoms. The van der Waals surface area contributed by atoms with Gasteiger partial charge in [-0.05, 0) is 43.3 Å². The predicted octanol–water partition coefficient (Wildman–Crippen LogP) is 4.65. The molecule has 2 aromatic carbocycles. The molecule has 1 aromatic heterocycles. The van der Waals surface area contributed by atoms with E-state index in [-0.39, 0.29) is 11.2 Å². The van der Waals surface area contributed by atoms with Crippen LogP contribution in [-0.4, -0.2) is 20.9 Å². The maximum atomic E-state index is 12.3. The van der Waals surface area contributed by atoms with Crippen molar-refractivity contribution in [3.63, 3.8) is 0 Å². The Kier molecular flexibility index (Phi) is 5.23. The lowest BCUT2D eigenvalue weighted by Gasteiger charge is -2.10. The second-order valence-electron chi connectivity index (χ2n) is 5.18. The number of benzene rings is 2. The molecule has 3 aromatic rings. The second kappa shape index (κ2) is 7.55. The fraction of sp³-hybridized carbons (Fsp3) is 0.111. The van der Waals surface area contributed by atoms with E-state index >= 15 is 0 Å². The number of hydrogen-bond acceptors (Lipinski definition) is 3. The number of anilines is 1. The van der Waals surface area contributed by atoms with Crippen LogP contribution in [0.3, 0.4) is 0 Å². The number of carbonyl (C=O) groups is 1. The average molecular weight is 358 g/mol. The highest BCUT2D eigenvalue weighted by Crippen LogP contribution is 2.25. The Hall–Kier alpha value is -2.24. The number of nitrogens with zero attached hydrogens (tertiary/aromatic N) is 2. The van der Waals surface area contributed by atoms with E-state index in [2.05, 4.69) is 10.4 Å². The third kappa shape index (κ3) is 4.19. The Balaban J connectivity index is 1.62. The lowest BCUT2D eigenvalue weighted by molar-refractivity contribution is -0.115. The minimum Gasteiger partial charge on any atom is -0.308 e. The number of hydrogen-bond donors (Lipinski definition) is 1. The van der Waals surface area contributed by atoms with Crippen molar-refractivity contribution in [3.05, 3.63) is 71.9 Å². The molecular weight excluding hydrogens is 342 g/mol. The molecule has 0 saturated heterocycles. The average Bonchev–Trinajstić information content (AvgIpc) is 3.06. The summed E-state index contributed by atoms with van der Waals surface area (Å²) < 4.78 is 1.73. The smallest absolute Gasteiger partial charge is 0.238 e. The largest absolute Gasteiger partial charge is 0.308 e. The van der Waals surface area contributed by atoms with Crippen LogP contribution in [-0.2, 0) is 4.79 Å². The van der Waals surface area contributed by atoms with Crippen LogP contribution in [0, 0.1) is 0 Å². The van der Waals surface area contributed by atoms with E-state index in [0.717, 1.165) is 10.6 Å². The molecule has 1 atom stereocenters. The number of carbonyl (C=O) groups excluding carboxylic acids is 1. The van der Waals surface area contributed by atoms with Gasteiger partial charge in [0.05, 0.1) is 10.9 Å². The van der Waals surface area contributed by atoms with Crippen molar-refractivity contribution in [2.75, 3.05) is 5.32 Å². The van der Waals surface area contributed by atoms with Crippen LogP contribution in [0.1, 0.15) is 6.92 Å². The van der Waals surface area contributed by atoms with E-state index in [4.69, 9.17) is 11.6 Å². The van der Waals surface area contributed by atoms with Crippen molar-refractivity contribution in [3.8, 4) is 5.69 Å². The van der Waals surface area contributed by atoms with Gasteiger partial charge in [-0.1, -0.05) is 29.8 Å². The number of halogens is 1. The monoisotopic (exact) mass is 357 g/mol. The van der Waals surface area contributed by atoms with Gasteiger partial charge in [-0.15, -0.1) is 11.8 Å². The molecule has 0 saturated carbocycles. The molecular formula is C18H16ClN3OS. The molecule has 0 aliphatic heterocycles. The Morgan fingerprint density at radius 1 is 1.12 bits per heavy atom. The molecule has 122 valence electrons. The molecule has 0 spiro atoms. The lowest BCUT2D eigenvalue weighted by atomic mass is 10.3. The van der Waals surface area contributed by atoms with E-state index in [9.17, 15) is 4.79 Å². The molecule has 1 amide bonds. The summed E-state index contributed by atoms with van der Waals surface area (Å²) in [6.07, 6.45) is 1.82. The van der Waals surface area contributed by atoms with Gasteiger partial charge in [0.25, 0.3) is 0 Å². The van der Waals surface area contributed by atoms with Crippen molar-refractivity contribution in [2.45, 2.75) is 17.1 Å². The van der Waals surface area contributed by atoms with Crippen molar-refractivity contribution >= 4 is 35.1 Å². The van der Waals surface area contributed by atoms with Crippen LogP contribution in [0.5, 0.6) is 0 Å². The number of para-hydroxylation sites is 1. The van der Waals surface area contributed by atoms with E-state index in [1.165, 1.54) is 11.8 Å². The Morgan fingerprint density at radius 3 is 2.54 bits per heavy atom. The zero-order chi connectivity index (χ0) is 16.9. The van der Waals surface area contributed by atoms with Gasteiger partial charge >= 0.3 is 0 Å². The first-order chi connectivity index (χ1) is 11.6. The Bertz CT molecular complexity index is 818. The third-order valence-electron chi connectivity index (χ3n) is 3.36. The summed E-state index contributed by atoms with van der Waals surface area (Å²) in [6.45, 7) is 1.86. The fourth-order valence-corrected chi connectivity index (χ4v) is 3.11. The van der Waals surface area contributed by atoms with Gasteiger partial charge in [-0.3, -0.25) is 4.79 Å². The summed E-state index contributed by atoms with van der Waals surface area (Å²) >= 11 is 7.35. The number of aromatic nitrogens is 2. The minimum atomic E-state index is -0.243. The normalized spacial score (nSPS) is 11.9. The van der Waals surface area contributed by atoms with Crippen LogP contribution >= 0.6 is 23.4 Å². The van der Waals surface area contributed by atoms with E-state index in [0.29, 0.717) is 10.8 Å². The summed E-state index contributed by atoms with van der Waals surface area (Å²) in [5.74, 6) is 0.445. The first kappa shape index (κ1) is 16.6. The summed E-state index contributed by atoms with van der Waals surface area (Å²) in [4.78, 5) is 13.3. The molecule has 0 fully saturated rings. The topological polar surface area (TPSA) is 46.9 Å². The van der Waals surface area contributed by atoms with E-state index < -0.39 is 0 Å². The van der Waals surface area contributed by atoms with Crippen molar-refractivity contribution in [2.24, 2.45) is 0 Å². The molecule has 4 nitrogen and oxygen atoms in total. The Morgan fingerprint density at radius 2 is 1.83 bits per heavy atom. The summed E-state index contributed by atoms with van der Waals surface area (Å²) in [7, 11) is 0. The van der Waals surface area contributed by atoms with Crippen molar-refractivity contribution in [1.82, 2.24) is 9.78 Å². The highest BCUT2D eigenvalue weighted by molar-refractivity contribution is 8.00. The number of rotatable bonds is 5. The molecule has 1 N–H and O–H groups in total. The molecule has 1 heterocycles. The Labute approximate surface area is 149 Å². The van der Waals surface area contributed by atoms with Gasteiger partial charge in [0.15, 0.2) is 5.82 Å². The summed E-state index contributed by atoms with van der Waals surface area (Å²) in [5, 5.41) is 7.67. The van der Waals surface area contributed by atoms with Crippen LogP contribution < -0.4 is 5.32 Å². The second-order valence-corrected chi connectivity index (χ2v) is 7.03. The highest BCUT2D eigenvalue weighted by Gasteiger charge is 2.15. The molecule has 1 unspecified atom stereocenters. The predicted molar refractivity (Wildman–Crippen MR) is 99.0 cm³/mol. The maximum absolute atomic E-state index is 12.3. The van der Waals surface area contributed by atoms with Gasteiger partial charge in [0.1, 0.15) is 0 Å². The third-order valence-corrected chi connectivity index (χ3v) is 4.72. The van der Waals surface area contributed by atoms with Gasteiger partial charge < -0.3 is 5.32 Å².